The van der Waals surface area contributed by atoms with Crippen LogP contribution in [0.25, 0.3) is 0 Å². The molecule has 0 unspecified atom stereocenters. The van der Waals surface area contributed by atoms with Crippen LogP contribution >= 0.6 is 12.6 Å². The van der Waals surface area contributed by atoms with Crippen molar-refractivity contribution in [3.05, 3.63) is 0 Å². The van der Waals surface area contributed by atoms with Gasteiger partial charge >= 0.3 is 0 Å². The molecule has 0 radical (unpaired) electrons. The molecular formula is C19H36O2S. The van der Waals surface area contributed by atoms with Crippen LogP contribution in [-0.2, 0) is 9.59 Å². The standard InChI is InChI=1S/C19H36O2S/c1-3-4-5-6-7-8-9-10-11-12-13-14-15-16-18(20)17(2)19(21)22/h17H,3-16H2,1-2H3,(H,21,22)/t17-/m0/s1. The van der Waals surface area contributed by atoms with E-state index in [0.29, 0.717) is 6.42 Å². The van der Waals surface area contributed by atoms with Gasteiger partial charge in [-0.3, -0.25) is 9.59 Å². The molecule has 0 saturated heterocycles. The van der Waals surface area contributed by atoms with Crippen molar-refractivity contribution >= 4 is 23.5 Å². The topological polar surface area (TPSA) is 34.1 Å². The van der Waals surface area contributed by atoms with Crippen LogP contribution in [0.3, 0.4) is 0 Å². The van der Waals surface area contributed by atoms with Crippen LogP contribution in [0.1, 0.15) is 104 Å². The minimum atomic E-state index is -0.527. The lowest BCUT2D eigenvalue weighted by Crippen LogP contribution is -2.16. The fourth-order valence-electron chi connectivity index (χ4n) is 2.67. The third-order valence-corrected chi connectivity index (χ3v) is 4.77. The lowest BCUT2D eigenvalue weighted by atomic mass is 10.0. The second-order valence-corrected chi connectivity index (χ2v) is 6.96. The first kappa shape index (κ1) is 21.7. The van der Waals surface area contributed by atoms with Gasteiger partial charge in [0.2, 0.25) is 0 Å². The van der Waals surface area contributed by atoms with E-state index in [1.54, 1.807) is 6.92 Å². The van der Waals surface area contributed by atoms with Gasteiger partial charge in [-0.15, -0.1) is 12.6 Å². The van der Waals surface area contributed by atoms with E-state index < -0.39 is 5.92 Å². The van der Waals surface area contributed by atoms with Crippen molar-refractivity contribution in [1.29, 1.82) is 0 Å². The number of hydrogen-bond acceptors (Lipinski definition) is 2. The summed E-state index contributed by atoms with van der Waals surface area (Å²) in [4.78, 5) is 22.6. The van der Waals surface area contributed by atoms with Gasteiger partial charge in [-0.2, -0.15) is 0 Å². The minimum absolute atomic E-state index is 0.0445. The summed E-state index contributed by atoms with van der Waals surface area (Å²) < 4.78 is 0. The van der Waals surface area contributed by atoms with Gasteiger partial charge in [0.05, 0.1) is 5.92 Å². The molecule has 2 nitrogen and oxygen atoms in total. The van der Waals surface area contributed by atoms with Crippen LogP contribution in [0.15, 0.2) is 0 Å². The Hall–Kier alpha value is -0.310. The number of Topliss-reactive ketones (excluding diaryl/α,β-unsaturated/α-hetero) is 1. The molecule has 0 heterocycles. The SMILES string of the molecule is CCCCCCCCCCCCCCCC(=O)[C@H](C)C(=O)S. The van der Waals surface area contributed by atoms with Crippen molar-refractivity contribution in [2.45, 2.75) is 104 Å². The van der Waals surface area contributed by atoms with Crippen LogP contribution in [0.2, 0.25) is 0 Å². The smallest absolute Gasteiger partial charge is 0.196 e. The average molecular weight is 329 g/mol. The third kappa shape index (κ3) is 13.4. The molecule has 0 saturated carbocycles. The molecule has 22 heavy (non-hydrogen) atoms. The maximum atomic E-state index is 11.6. The zero-order valence-electron chi connectivity index (χ0n) is 14.7. The molecule has 1 atom stereocenters. The number of ketones is 1. The van der Waals surface area contributed by atoms with E-state index in [2.05, 4.69) is 19.6 Å². The Morgan fingerprint density at radius 2 is 1.09 bits per heavy atom. The van der Waals surface area contributed by atoms with Crippen LogP contribution in [0.5, 0.6) is 0 Å². The molecule has 3 heteroatoms. The minimum Gasteiger partial charge on any atom is -0.299 e. The van der Waals surface area contributed by atoms with Crippen LogP contribution in [-0.4, -0.2) is 10.9 Å². The molecule has 0 rings (SSSR count). The highest BCUT2D eigenvalue weighted by Gasteiger charge is 2.17. The van der Waals surface area contributed by atoms with Crippen molar-refractivity contribution in [3.63, 3.8) is 0 Å². The van der Waals surface area contributed by atoms with Gasteiger partial charge < -0.3 is 0 Å². The molecule has 0 bridgehead atoms. The predicted octanol–water partition coefficient (Wildman–Crippen LogP) is 6.13. The summed E-state index contributed by atoms with van der Waals surface area (Å²) in [5.74, 6) is -0.483. The molecule has 0 aromatic rings. The van der Waals surface area contributed by atoms with E-state index in [1.807, 2.05) is 0 Å². The van der Waals surface area contributed by atoms with Gasteiger partial charge in [0.25, 0.3) is 0 Å². The summed E-state index contributed by atoms with van der Waals surface area (Å²) in [7, 11) is 0. The summed E-state index contributed by atoms with van der Waals surface area (Å²) in [5.41, 5.74) is 0. The average Bonchev–Trinajstić information content (AvgIpc) is 2.50. The largest absolute Gasteiger partial charge is 0.299 e. The Kier molecular flexibility index (Phi) is 15.4. The summed E-state index contributed by atoms with van der Waals surface area (Å²) >= 11 is 3.72. The monoisotopic (exact) mass is 328 g/mol. The van der Waals surface area contributed by atoms with E-state index >= 15 is 0 Å². The highest BCUT2D eigenvalue weighted by molar-refractivity contribution is 7.96. The second kappa shape index (κ2) is 15.6. The molecule has 0 fully saturated rings. The third-order valence-electron chi connectivity index (χ3n) is 4.38. The van der Waals surface area contributed by atoms with Crippen molar-refractivity contribution in [2.75, 3.05) is 0 Å². The van der Waals surface area contributed by atoms with E-state index in [9.17, 15) is 9.59 Å². The molecule has 0 aliphatic rings. The first-order valence-corrected chi connectivity index (χ1v) is 9.79. The van der Waals surface area contributed by atoms with Gasteiger partial charge in [-0.25, -0.2) is 0 Å². The highest BCUT2D eigenvalue weighted by atomic mass is 32.1. The van der Waals surface area contributed by atoms with E-state index in [4.69, 9.17) is 0 Å². The summed E-state index contributed by atoms with van der Waals surface area (Å²) in [6.45, 7) is 3.91. The number of carbonyl (C=O) groups is 2. The number of unbranched alkanes of at least 4 members (excludes halogenated alkanes) is 12. The van der Waals surface area contributed by atoms with Crippen molar-refractivity contribution in [3.8, 4) is 0 Å². The molecule has 0 aromatic carbocycles. The number of hydrogen-bond donors (Lipinski definition) is 1. The number of carbonyl (C=O) groups excluding carboxylic acids is 2. The second-order valence-electron chi connectivity index (χ2n) is 6.52. The van der Waals surface area contributed by atoms with Gasteiger partial charge in [-0.1, -0.05) is 84.0 Å². The van der Waals surface area contributed by atoms with Gasteiger partial charge in [0.15, 0.2) is 5.12 Å². The van der Waals surface area contributed by atoms with Crippen molar-refractivity contribution < 1.29 is 9.59 Å². The lowest BCUT2D eigenvalue weighted by Gasteiger charge is -2.06. The molecule has 0 aliphatic carbocycles. The Labute approximate surface area is 143 Å². The Morgan fingerprint density at radius 1 is 0.727 bits per heavy atom. The van der Waals surface area contributed by atoms with E-state index in [1.165, 1.54) is 70.6 Å². The Morgan fingerprint density at radius 3 is 1.45 bits per heavy atom. The van der Waals surface area contributed by atoms with Crippen LogP contribution in [0.4, 0.5) is 0 Å². The van der Waals surface area contributed by atoms with E-state index in [0.717, 1.165) is 12.8 Å². The zero-order chi connectivity index (χ0) is 16.6. The molecule has 0 amide bonds. The number of rotatable bonds is 16. The van der Waals surface area contributed by atoms with Crippen molar-refractivity contribution in [2.24, 2.45) is 5.92 Å². The normalized spacial score (nSPS) is 12.3. The Bertz CT molecular complexity index is 289. The molecular weight excluding hydrogens is 292 g/mol. The Balaban J connectivity index is 3.21. The summed E-state index contributed by atoms with van der Waals surface area (Å²) in [6.07, 6.45) is 17.5. The first-order valence-electron chi connectivity index (χ1n) is 9.35. The van der Waals surface area contributed by atoms with Gasteiger partial charge in [-0.05, 0) is 13.3 Å². The molecule has 0 N–H and O–H groups in total. The maximum absolute atomic E-state index is 11.6. The van der Waals surface area contributed by atoms with E-state index in [-0.39, 0.29) is 10.9 Å². The molecule has 0 spiro atoms. The predicted molar refractivity (Wildman–Crippen MR) is 98.5 cm³/mol. The lowest BCUT2D eigenvalue weighted by molar-refractivity contribution is -0.127. The number of thiol groups is 1. The first-order chi connectivity index (χ1) is 10.6. The fraction of sp³-hybridized carbons (Fsp3) is 0.895. The van der Waals surface area contributed by atoms with Gasteiger partial charge in [0, 0.05) is 6.42 Å². The summed E-state index contributed by atoms with van der Waals surface area (Å²) in [5, 5.41) is -0.306. The maximum Gasteiger partial charge on any atom is 0.196 e. The molecule has 130 valence electrons. The van der Waals surface area contributed by atoms with Crippen LogP contribution < -0.4 is 0 Å². The van der Waals surface area contributed by atoms with Crippen LogP contribution in [0, 0.1) is 5.92 Å². The highest BCUT2D eigenvalue weighted by Crippen LogP contribution is 2.14. The molecule has 0 aliphatic heterocycles. The summed E-state index contributed by atoms with van der Waals surface area (Å²) in [6, 6.07) is 0. The quantitative estimate of drug-likeness (QED) is 0.210. The van der Waals surface area contributed by atoms with Gasteiger partial charge in [0.1, 0.15) is 5.78 Å². The fourth-order valence-corrected chi connectivity index (χ4v) is 2.82. The van der Waals surface area contributed by atoms with Crippen molar-refractivity contribution in [1.82, 2.24) is 0 Å². The zero-order valence-corrected chi connectivity index (χ0v) is 15.6. The molecule has 0 aromatic heterocycles.